The highest BCUT2D eigenvalue weighted by Crippen LogP contribution is 2.27. The number of benzene rings is 1. The first-order chi connectivity index (χ1) is 12.6. The predicted molar refractivity (Wildman–Crippen MR) is 104 cm³/mol. The minimum atomic E-state index is -0.257. The molecule has 2 aromatic heterocycles. The van der Waals surface area contributed by atoms with Crippen LogP contribution in [0.15, 0.2) is 29.4 Å². The topological polar surface area (TPSA) is 83.6 Å². The number of rotatable bonds is 4. The number of nitrogens with one attached hydrogen (secondary N) is 2. The van der Waals surface area contributed by atoms with Gasteiger partial charge < -0.3 is 10.3 Å². The molecule has 4 rings (SSSR count). The predicted octanol–water partition coefficient (Wildman–Crippen LogP) is 3.68. The molecular weight excluding hydrogens is 346 g/mol. The first-order valence-electron chi connectivity index (χ1n) is 9.20. The monoisotopic (exact) mass is 369 g/mol. The van der Waals surface area contributed by atoms with Crippen molar-refractivity contribution < 1.29 is 4.79 Å². The zero-order valence-corrected chi connectivity index (χ0v) is 15.8. The summed E-state index contributed by atoms with van der Waals surface area (Å²) in [6.45, 7) is 4.12. The van der Waals surface area contributed by atoms with E-state index < -0.39 is 0 Å². The second-order valence-corrected chi connectivity index (χ2v) is 8.41. The molecule has 26 heavy (non-hydrogen) atoms. The van der Waals surface area contributed by atoms with E-state index in [2.05, 4.69) is 32.4 Å². The molecule has 7 heteroatoms. The molecule has 2 N–H and O–H groups in total. The van der Waals surface area contributed by atoms with Crippen LogP contribution in [0.5, 0.6) is 0 Å². The summed E-state index contributed by atoms with van der Waals surface area (Å²) in [6.07, 6.45) is 4.72. The summed E-state index contributed by atoms with van der Waals surface area (Å²) in [7, 11) is 0. The maximum absolute atomic E-state index is 12.5. The van der Waals surface area contributed by atoms with E-state index in [0.717, 1.165) is 22.8 Å². The van der Waals surface area contributed by atoms with Crippen molar-refractivity contribution in [1.82, 2.24) is 25.5 Å². The number of amides is 1. The summed E-state index contributed by atoms with van der Waals surface area (Å²) < 4.78 is 0. The molecule has 0 saturated heterocycles. The Hall–Kier alpha value is -2.15. The van der Waals surface area contributed by atoms with Gasteiger partial charge in [-0.3, -0.25) is 4.79 Å². The lowest BCUT2D eigenvalue weighted by molar-refractivity contribution is -0.121. The van der Waals surface area contributed by atoms with Crippen molar-refractivity contribution >= 4 is 39.7 Å². The minimum absolute atomic E-state index is 0.0501. The second-order valence-electron chi connectivity index (χ2n) is 7.10. The molecule has 1 fully saturated rings. The third-order valence-electron chi connectivity index (χ3n) is 5.19. The molecule has 1 amide bonds. The van der Waals surface area contributed by atoms with Crippen molar-refractivity contribution in [3.8, 4) is 0 Å². The molecule has 0 bridgehead atoms. The number of para-hydroxylation sites is 1. The lowest BCUT2D eigenvalue weighted by Gasteiger charge is -2.30. The molecule has 0 spiro atoms. The van der Waals surface area contributed by atoms with Crippen LogP contribution >= 0.6 is 11.8 Å². The average molecular weight is 369 g/mol. The first kappa shape index (κ1) is 17.3. The van der Waals surface area contributed by atoms with Crippen LogP contribution in [-0.2, 0) is 4.79 Å². The number of nitrogens with zero attached hydrogens (tertiary/aromatic N) is 3. The van der Waals surface area contributed by atoms with E-state index in [1.165, 1.54) is 31.0 Å². The fourth-order valence-electron chi connectivity index (χ4n) is 3.60. The third kappa shape index (κ3) is 3.40. The van der Waals surface area contributed by atoms with Gasteiger partial charge in [0, 0.05) is 16.9 Å². The fraction of sp³-hybridized carbons (Fsp3) is 0.474. The standard InChI is InChI=1S/C19H23N5OS/c1-11-7-3-5-9-14(11)21-18(25)12(2)26-19-22-17-16(23-24-19)13-8-4-6-10-15(13)20-17/h4,6,8,10-12,14H,3,5,7,9H2,1-2H3,(H,21,25)(H,20,22,24). The average Bonchev–Trinajstić information content (AvgIpc) is 3.01. The summed E-state index contributed by atoms with van der Waals surface area (Å²) in [6, 6.07) is 8.22. The van der Waals surface area contributed by atoms with Gasteiger partial charge in [0.05, 0.1) is 5.25 Å². The molecule has 0 radical (unpaired) electrons. The number of aromatic nitrogens is 4. The lowest BCUT2D eigenvalue weighted by Crippen LogP contribution is -2.44. The van der Waals surface area contributed by atoms with Gasteiger partial charge >= 0.3 is 0 Å². The van der Waals surface area contributed by atoms with Crippen LogP contribution in [-0.4, -0.2) is 37.4 Å². The summed E-state index contributed by atoms with van der Waals surface area (Å²) in [4.78, 5) is 20.4. The number of aromatic amines is 1. The highest BCUT2D eigenvalue weighted by atomic mass is 32.2. The molecule has 136 valence electrons. The van der Waals surface area contributed by atoms with Gasteiger partial charge in [0.25, 0.3) is 0 Å². The molecule has 3 aromatic rings. The largest absolute Gasteiger partial charge is 0.352 e. The van der Waals surface area contributed by atoms with E-state index in [1.807, 2.05) is 31.2 Å². The zero-order chi connectivity index (χ0) is 18.1. The Kier molecular flexibility index (Phi) is 4.80. The number of carbonyl (C=O) groups is 1. The van der Waals surface area contributed by atoms with Crippen molar-refractivity contribution in [3.05, 3.63) is 24.3 Å². The van der Waals surface area contributed by atoms with E-state index >= 15 is 0 Å². The Labute approximate surface area is 156 Å². The van der Waals surface area contributed by atoms with Gasteiger partial charge in [-0.25, -0.2) is 4.98 Å². The van der Waals surface area contributed by atoms with Crippen LogP contribution in [0.4, 0.5) is 0 Å². The minimum Gasteiger partial charge on any atom is -0.352 e. The normalized spacial score (nSPS) is 21.8. The Morgan fingerprint density at radius 3 is 2.92 bits per heavy atom. The second kappa shape index (κ2) is 7.23. The van der Waals surface area contributed by atoms with Crippen molar-refractivity contribution in [2.24, 2.45) is 5.92 Å². The number of thioether (sulfide) groups is 1. The van der Waals surface area contributed by atoms with Crippen LogP contribution in [0.2, 0.25) is 0 Å². The Bertz CT molecular complexity index is 940. The summed E-state index contributed by atoms with van der Waals surface area (Å²) in [5.41, 5.74) is 2.46. The van der Waals surface area contributed by atoms with Crippen LogP contribution in [0.25, 0.3) is 22.1 Å². The van der Waals surface area contributed by atoms with E-state index in [1.54, 1.807) is 0 Å². The molecule has 1 aliphatic rings. The van der Waals surface area contributed by atoms with E-state index in [9.17, 15) is 4.79 Å². The number of hydrogen-bond acceptors (Lipinski definition) is 5. The fourth-order valence-corrected chi connectivity index (χ4v) is 4.32. The quantitative estimate of drug-likeness (QED) is 0.686. The van der Waals surface area contributed by atoms with Crippen LogP contribution in [0, 0.1) is 5.92 Å². The Balaban J connectivity index is 1.47. The van der Waals surface area contributed by atoms with Gasteiger partial charge in [0.15, 0.2) is 5.65 Å². The lowest BCUT2D eigenvalue weighted by atomic mass is 9.86. The number of H-pyrrole nitrogens is 1. The zero-order valence-electron chi connectivity index (χ0n) is 15.0. The number of carbonyl (C=O) groups excluding carboxylic acids is 1. The Morgan fingerprint density at radius 1 is 1.27 bits per heavy atom. The third-order valence-corrected chi connectivity index (χ3v) is 6.14. The molecular formula is C19H23N5OS. The van der Waals surface area contributed by atoms with Crippen molar-refractivity contribution in [2.45, 2.75) is 56.0 Å². The molecule has 0 aliphatic heterocycles. The molecule has 1 aliphatic carbocycles. The highest BCUT2D eigenvalue weighted by molar-refractivity contribution is 8.00. The maximum atomic E-state index is 12.5. The van der Waals surface area contributed by atoms with Gasteiger partial charge in [0.2, 0.25) is 11.1 Å². The van der Waals surface area contributed by atoms with Crippen LogP contribution < -0.4 is 5.32 Å². The van der Waals surface area contributed by atoms with E-state index in [-0.39, 0.29) is 17.2 Å². The van der Waals surface area contributed by atoms with E-state index in [0.29, 0.717) is 16.7 Å². The Morgan fingerprint density at radius 2 is 2.08 bits per heavy atom. The molecule has 3 unspecified atom stereocenters. The molecule has 3 atom stereocenters. The van der Waals surface area contributed by atoms with Crippen molar-refractivity contribution in [3.63, 3.8) is 0 Å². The SMILES string of the molecule is CC(Sc1nnc2c(n1)[nH]c1ccccc12)C(=O)NC1CCCCC1C. The summed E-state index contributed by atoms with van der Waals surface area (Å²) >= 11 is 1.35. The maximum Gasteiger partial charge on any atom is 0.233 e. The van der Waals surface area contributed by atoms with Gasteiger partial charge in [-0.15, -0.1) is 10.2 Å². The number of hydrogen-bond donors (Lipinski definition) is 2. The molecule has 1 saturated carbocycles. The molecule has 6 nitrogen and oxygen atoms in total. The van der Waals surface area contributed by atoms with Gasteiger partial charge in [-0.05, 0) is 31.7 Å². The van der Waals surface area contributed by atoms with Crippen molar-refractivity contribution in [2.75, 3.05) is 0 Å². The highest BCUT2D eigenvalue weighted by Gasteiger charge is 2.25. The van der Waals surface area contributed by atoms with Crippen LogP contribution in [0.1, 0.15) is 39.5 Å². The summed E-state index contributed by atoms with van der Waals surface area (Å²) in [5, 5.41) is 13.0. The van der Waals surface area contributed by atoms with Crippen LogP contribution in [0.3, 0.4) is 0 Å². The molecule has 1 aromatic carbocycles. The van der Waals surface area contributed by atoms with Crippen molar-refractivity contribution in [1.29, 1.82) is 0 Å². The van der Waals surface area contributed by atoms with Gasteiger partial charge in [-0.1, -0.05) is 49.7 Å². The first-order valence-corrected chi connectivity index (χ1v) is 10.1. The smallest absolute Gasteiger partial charge is 0.233 e. The number of fused-ring (bicyclic) bond motifs is 3. The summed E-state index contributed by atoms with van der Waals surface area (Å²) in [5.74, 6) is 0.597. The van der Waals surface area contributed by atoms with Gasteiger partial charge in [0.1, 0.15) is 5.52 Å². The van der Waals surface area contributed by atoms with Gasteiger partial charge in [-0.2, -0.15) is 0 Å². The molecule has 2 heterocycles. The van der Waals surface area contributed by atoms with E-state index in [4.69, 9.17) is 0 Å².